The molecule has 0 saturated heterocycles. The normalized spacial score (nSPS) is 11.6. The average Bonchev–Trinajstić information content (AvgIpc) is 2.91. The van der Waals surface area contributed by atoms with E-state index in [4.69, 9.17) is 11.6 Å². The smallest absolute Gasteiger partial charge is 0.265 e. The lowest BCUT2D eigenvalue weighted by molar-refractivity contribution is 0.474. The van der Waals surface area contributed by atoms with Crippen molar-refractivity contribution in [3.8, 4) is 5.75 Å². The van der Waals surface area contributed by atoms with Crippen LogP contribution in [0.15, 0.2) is 47.6 Å². The third-order valence-electron chi connectivity index (χ3n) is 3.86. The Morgan fingerprint density at radius 1 is 1.20 bits per heavy atom. The number of hydrogen-bond donors (Lipinski definition) is 2. The van der Waals surface area contributed by atoms with Crippen molar-refractivity contribution in [2.75, 3.05) is 5.43 Å². The first-order valence-corrected chi connectivity index (χ1v) is 7.87. The van der Waals surface area contributed by atoms with E-state index in [1.54, 1.807) is 12.1 Å². The van der Waals surface area contributed by atoms with Gasteiger partial charge in [0.2, 0.25) is 0 Å². The van der Waals surface area contributed by atoms with Crippen LogP contribution in [0.1, 0.15) is 5.56 Å². The second-order valence-electron chi connectivity index (χ2n) is 5.46. The maximum atomic E-state index is 9.77. The molecule has 0 saturated carbocycles. The van der Waals surface area contributed by atoms with Crippen LogP contribution in [0.4, 0.5) is 5.95 Å². The summed E-state index contributed by atoms with van der Waals surface area (Å²) in [5.41, 5.74) is 5.68. The number of anilines is 1. The van der Waals surface area contributed by atoms with Crippen LogP contribution in [-0.4, -0.2) is 31.1 Å². The first-order chi connectivity index (χ1) is 12.1. The molecule has 2 N–H and O–H groups in total. The van der Waals surface area contributed by atoms with Gasteiger partial charge in [0, 0.05) is 23.0 Å². The van der Waals surface area contributed by atoms with Gasteiger partial charge < -0.3 is 9.67 Å². The lowest BCUT2D eigenvalue weighted by Gasteiger charge is -2.01. The number of rotatable bonds is 3. The third kappa shape index (κ3) is 2.74. The summed E-state index contributed by atoms with van der Waals surface area (Å²) in [6.07, 6.45) is 1.44. The third-order valence-corrected chi connectivity index (χ3v) is 4.10. The molecule has 0 aliphatic heterocycles. The zero-order valence-electron chi connectivity index (χ0n) is 13.2. The van der Waals surface area contributed by atoms with Crippen molar-refractivity contribution in [3.63, 3.8) is 0 Å². The summed E-state index contributed by atoms with van der Waals surface area (Å²) in [5.74, 6) is 0.342. The van der Waals surface area contributed by atoms with Gasteiger partial charge in [0.25, 0.3) is 5.95 Å². The van der Waals surface area contributed by atoms with Crippen LogP contribution in [0.5, 0.6) is 5.75 Å². The summed E-state index contributed by atoms with van der Waals surface area (Å²) >= 11 is 5.90. The molecule has 8 heteroatoms. The number of phenolic OH excluding ortho intramolecular Hbond substituents is 1. The molecule has 0 aliphatic rings. The highest BCUT2D eigenvalue weighted by Gasteiger charge is 2.11. The van der Waals surface area contributed by atoms with Crippen molar-refractivity contribution in [2.45, 2.75) is 0 Å². The molecular formula is C17H13ClN6O. The van der Waals surface area contributed by atoms with E-state index in [-0.39, 0.29) is 11.7 Å². The van der Waals surface area contributed by atoms with Crippen LogP contribution in [-0.2, 0) is 7.05 Å². The number of para-hydroxylation sites is 1. The number of hydrogen-bond acceptors (Lipinski definition) is 6. The fraction of sp³-hybridized carbons (Fsp3) is 0.0588. The highest BCUT2D eigenvalue weighted by Crippen LogP contribution is 2.25. The average molecular weight is 353 g/mol. The summed E-state index contributed by atoms with van der Waals surface area (Å²) in [7, 11) is 1.93. The highest BCUT2D eigenvalue weighted by atomic mass is 35.5. The zero-order valence-corrected chi connectivity index (χ0v) is 13.9. The summed E-state index contributed by atoms with van der Waals surface area (Å²) < 4.78 is 1.96. The minimum atomic E-state index is 0.0816. The van der Waals surface area contributed by atoms with E-state index in [0.29, 0.717) is 16.2 Å². The van der Waals surface area contributed by atoms with Crippen LogP contribution < -0.4 is 5.43 Å². The fourth-order valence-corrected chi connectivity index (χ4v) is 2.82. The summed E-state index contributed by atoms with van der Waals surface area (Å²) in [4.78, 5) is 4.46. The number of hydrazone groups is 1. The topological polar surface area (TPSA) is 88.2 Å². The predicted octanol–water partition coefficient (Wildman–Crippen LogP) is 3.32. The number of benzene rings is 2. The fourth-order valence-electron chi connectivity index (χ4n) is 2.64. The molecule has 0 aliphatic carbocycles. The molecule has 4 rings (SSSR count). The van der Waals surface area contributed by atoms with Crippen LogP contribution in [0, 0.1) is 0 Å². The largest absolute Gasteiger partial charge is 0.507 e. The number of aromatic nitrogens is 4. The van der Waals surface area contributed by atoms with E-state index in [0.717, 1.165) is 16.4 Å². The molecule has 0 spiro atoms. The van der Waals surface area contributed by atoms with E-state index < -0.39 is 0 Å². The Hall–Kier alpha value is -3.19. The number of halogens is 1. The number of aromatic hydroxyl groups is 1. The van der Waals surface area contributed by atoms with Crippen LogP contribution in [0.2, 0.25) is 5.02 Å². The molecule has 25 heavy (non-hydrogen) atoms. The minimum Gasteiger partial charge on any atom is -0.507 e. The number of phenols is 1. The van der Waals surface area contributed by atoms with Gasteiger partial charge in [0.15, 0.2) is 5.65 Å². The standard InChI is InChI=1S/C17H13ClN6O/c1-24-13-5-3-2-4-12(13)15-16(24)20-17(23-21-15)22-19-9-10-8-11(18)6-7-14(10)25/h2-9,25H,1H3,(H,20,22,23)/b19-9+. The van der Waals surface area contributed by atoms with Crippen molar-refractivity contribution in [1.29, 1.82) is 0 Å². The van der Waals surface area contributed by atoms with Gasteiger partial charge >= 0.3 is 0 Å². The predicted molar refractivity (Wildman–Crippen MR) is 98.1 cm³/mol. The van der Waals surface area contributed by atoms with Crippen molar-refractivity contribution in [1.82, 2.24) is 19.7 Å². The molecule has 0 fully saturated rings. The Morgan fingerprint density at radius 3 is 2.92 bits per heavy atom. The molecule has 2 aromatic carbocycles. The van der Waals surface area contributed by atoms with Crippen LogP contribution in [0.3, 0.4) is 0 Å². The quantitative estimate of drug-likeness (QED) is 0.436. The summed E-state index contributed by atoms with van der Waals surface area (Å²) in [6.45, 7) is 0. The first kappa shape index (κ1) is 15.3. The van der Waals surface area contributed by atoms with E-state index >= 15 is 0 Å². The Balaban J connectivity index is 1.66. The van der Waals surface area contributed by atoms with Crippen LogP contribution in [0.25, 0.3) is 22.1 Å². The minimum absolute atomic E-state index is 0.0816. The molecule has 2 heterocycles. The highest BCUT2D eigenvalue weighted by molar-refractivity contribution is 6.30. The van der Waals surface area contributed by atoms with E-state index in [1.807, 2.05) is 35.9 Å². The first-order valence-electron chi connectivity index (χ1n) is 7.49. The number of nitrogens with zero attached hydrogens (tertiary/aromatic N) is 5. The van der Waals surface area contributed by atoms with Crippen molar-refractivity contribution >= 4 is 45.8 Å². The van der Waals surface area contributed by atoms with E-state index in [2.05, 4.69) is 25.7 Å². The maximum Gasteiger partial charge on any atom is 0.265 e. The Labute approximate surface area is 147 Å². The Bertz CT molecular complexity index is 1120. The van der Waals surface area contributed by atoms with Gasteiger partial charge in [0.05, 0.1) is 11.7 Å². The molecule has 4 aromatic rings. The molecule has 0 unspecified atom stereocenters. The van der Waals surface area contributed by atoms with Gasteiger partial charge in [-0.25, -0.2) is 5.43 Å². The second-order valence-corrected chi connectivity index (χ2v) is 5.89. The van der Waals surface area contributed by atoms with E-state index in [9.17, 15) is 5.11 Å². The lowest BCUT2D eigenvalue weighted by Crippen LogP contribution is -2.00. The SMILES string of the molecule is Cn1c2ccccc2c2nnc(N/N=C/c3cc(Cl)ccc3O)nc21. The van der Waals surface area contributed by atoms with Gasteiger partial charge in [-0.05, 0) is 24.3 Å². The van der Waals surface area contributed by atoms with Crippen molar-refractivity contribution in [2.24, 2.45) is 12.1 Å². The second kappa shape index (κ2) is 6.03. The Kier molecular flexibility index (Phi) is 3.70. The molecule has 0 bridgehead atoms. The van der Waals surface area contributed by atoms with Gasteiger partial charge in [-0.3, -0.25) is 0 Å². The Morgan fingerprint density at radius 2 is 2.04 bits per heavy atom. The molecule has 2 aromatic heterocycles. The van der Waals surface area contributed by atoms with Gasteiger partial charge in [-0.1, -0.05) is 29.8 Å². The summed E-state index contributed by atoms with van der Waals surface area (Å²) in [6, 6.07) is 12.6. The molecule has 0 amide bonds. The number of fused-ring (bicyclic) bond motifs is 3. The van der Waals surface area contributed by atoms with E-state index in [1.165, 1.54) is 12.3 Å². The molecule has 124 valence electrons. The monoisotopic (exact) mass is 352 g/mol. The zero-order chi connectivity index (χ0) is 17.4. The molecular weight excluding hydrogens is 340 g/mol. The van der Waals surface area contributed by atoms with Gasteiger partial charge in [-0.2, -0.15) is 10.1 Å². The molecule has 0 atom stereocenters. The van der Waals surface area contributed by atoms with Crippen molar-refractivity contribution in [3.05, 3.63) is 53.1 Å². The molecule has 0 radical (unpaired) electrons. The number of aryl methyl sites for hydroxylation is 1. The maximum absolute atomic E-state index is 9.77. The molecule has 7 nitrogen and oxygen atoms in total. The summed E-state index contributed by atoms with van der Waals surface area (Å²) in [5, 5.41) is 23.6. The van der Waals surface area contributed by atoms with Crippen LogP contribution >= 0.6 is 11.6 Å². The number of nitrogens with one attached hydrogen (secondary N) is 1. The van der Waals surface area contributed by atoms with Gasteiger partial charge in [0.1, 0.15) is 11.3 Å². The lowest BCUT2D eigenvalue weighted by atomic mass is 10.2. The van der Waals surface area contributed by atoms with Gasteiger partial charge in [-0.15, -0.1) is 10.2 Å². The van der Waals surface area contributed by atoms with Crippen molar-refractivity contribution < 1.29 is 5.11 Å².